The van der Waals surface area contributed by atoms with Gasteiger partial charge in [-0.1, -0.05) is 48.4 Å². The lowest BCUT2D eigenvalue weighted by molar-refractivity contribution is -0.149. The van der Waals surface area contributed by atoms with Crippen LogP contribution in [0.3, 0.4) is 0 Å². The standard InChI is InChI=1S/C50H57N7O12S/c1-29-14-16-32(36(25-45(60)61)33-23-37-47(41(24-33)67-5)55(4)53-52-37)22-34(29)27-56-26-30(2)69-40-21-31(15-18-42(40)70(56,65)66)11-8-6-7-9-20-51-43(58)28-68-39-13-10-12-35-46(39)50(64)57(48(35)62)38-17-19-44(59)54(3)49(38)63/h10,12-16,18,21-24,30,36,38,65-66H,6-9,11,17,19-20,25-28H2,1-5H3,(H,51,58)(H,60,61)/t30-,36+,38?/m1/s1. The van der Waals surface area contributed by atoms with Gasteiger partial charge in [0.2, 0.25) is 5.91 Å². The van der Waals surface area contributed by atoms with Crippen LogP contribution < -0.4 is 19.5 Å². The van der Waals surface area contributed by atoms with E-state index in [1.54, 1.807) is 29.2 Å². The Morgan fingerprint density at radius 1 is 0.943 bits per heavy atom. The number of hydrogen-bond acceptors (Lipinski definition) is 14. The molecule has 4 aromatic carbocycles. The van der Waals surface area contributed by atoms with E-state index in [1.165, 1.54) is 25.2 Å². The average Bonchev–Trinajstić information content (AvgIpc) is 3.80. The number of methoxy groups -OCH3 is 1. The molecule has 1 fully saturated rings. The number of imide groups is 2. The highest BCUT2D eigenvalue weighted by atomic mass is 32.3. The zero-order valence-corrected chi connectivity index (χ0v) is 40.5. The average molecular weight is 980 g/mol. The van der Waals surface area contributed by atoms with Crippen molar-refractivity contribution >= 4 is 57.3 Å². The van der Waals surface area contributed by atoms with E-state index in [4.69, 9.17) is 14.2 Å². The molecule has 1 aromatic heterocycles. The zero-order chi connectivity index (χ0) is 50.0. The second-order valence-corrected chi connectivity index (χ2v) is 20.0. The minimum Gasteiger partial charge on any atom is -0.494 e. The predicted molar refractivity (Wildman–Crippen MR) is 257 cm³/mol. The van der Waals surface area contributed by atoms with Crippen molar-refractivity contribution in [2.24, 2.45) is 7.05 Å². The number of amides is 5. The Hall–Kier alpha value is -6.87. The topological polar surface area (TPSA) is 243 Å². The third-order valence-electron chi connectivity index (χ3n) is 13.2. The Morgan fingerprint density at radius 3 is 2.50 bits per heavy atom. The fourth-order valence-corrected chi connectivity index (χ4v) is 11.1. The lowest BCUT2D eigenvalue weighted by Gasteiger charge is -2.42. The van der Waals surface area contributed by atoms with Gasteiger partial charge < -0.3 is 24.6 Å². The van der Waals surface area contributed by atoms with Crippen LogP contribution in [0.5, 0.6) is 17.2 Å². The summed E-state index contributed by atoms with van der Waals surface area (Å²) < 4.78 is 44.8. The SMILES string of the molecule is COc1cc([C@@H](CC(=O)O)c2ccc(C)c(CN3C[C@@H](C)Oc4cc(CCCCCCNC(=O)COc5cccc6c5C(=O)N(C5CCC(=O)N(C)C5=O)C6=O)ccc4S3(O)O)c2)cc2nnn(C)c12. The first-order valence-corrected chi connectivity index (χ1v) is 24.7. The molecule has 8 rings (SSSR count). The maximum absolute atomic E-state index is 13.4. The molecule has 0 radical (unpaired) electrons. The summed E-state index contributed by atoms with van der Waals surface area (Å²) in [6, 6.07) is 18.3. The zero-order valence-electron chi connectivity index (χ0n) is 39.7. The van der Waals surface area contributed by atoms with Crippen LogP contribution in [0.15, 0.2) is 71.6 Å². The van der Waals surface area contributed by atoms with Crippen molar-refractivity contribution in [3.63, 3.8) is 0 Å². The van der Waals surface area contributed by atoms with Crippen molar-refractivity contribution < 1.29 is 57.2 Å². The number of carbonyl (C=O) groups excluding carboxylic acids is 5. The minimum atomic E-state index is -3.52. The van der Waals surface area contributed by atoms with Gasteiger partial charge in [-0.2, -0.15) is 4.31 Å². The maximum Gasteiger partial charge on any atom is 0.304 e. The molecule has 3 atom stereocenters. The van der Waals surface area contributed by atoms with Crippen LogP contribution in [0, 0.1) is 6.92 Å². The van der Waals surface area contributed by atoms with E-state index < -0.39 is 58.4 Å². The summed E-state index contributed by atoms with van der Waals surface area (Å²) in [5.74, 6) is -3.31. The Labute approximate surface area is 406 Å². The summed E-state index contributed by atoms with van der Waals surface area (Å²) in [5.41, 5.74) is 5.46. The number of aromatic nitrogens is 3. The first kappa shape index (κ1) is 49.5. The molecule has 70 heavy (non-hydrogen) atoms. The number of likely N-dealkylation sites (N-methyl/N-ethyl adjacent to an activating group) is 1. The number of fused-ring (bicyclic) bond motifs is 3. The van der Waals surface area contributed by atoms with Crippen LogP contribution in [-0.2, 0) is 39.2 Å². The summed E-state index contributed by atoms with van der Waals surface area (Å²) in [5, 5.41) is 21.2. The number of aryl methyl sites for hydroxylation is 3. The maximum atomic E-state index is 13.4. The van der Waals surface area contributed by atoms with Crippen molar-refractivity contribution in [3.8, 4) is 17.2 Å². The van der Waals surface area contributed by atoms with Gasteiger partial charge in [0.15, 0.2) is 6.61 Å². The van der Waals surface area contributed by atoms with Crippen molar-refractivity contribution in [2.75, 3.05) is 33.9 Å². The second kappa shape index (κ2) is 20.6. The molecule has 4 N–H and O–H groups in total. The highest BCUT2D eigenvalue weighted by molar-refractivity contribution is 8.22. The van der Waals surface area contributed by atoms with Gasteiger partial charge in [0.25, 0.3) is 23.6 Å². The Kier molecular flexibility index (Phi) is 14.6. The van der Waals surface area contributed by atoms with Crippen LogP contribution in [0.1, 0.15) is 106 Å². The van der Waals surface area contributed by atoms with Gasteiger partial charge in [-0.05, 0) is 104 Å². The Morgan fingerprint density at radius 2 is 1.73 bits per heavy atom. The minimum absolute atomic E-state index is 0.0196. The number of piperidine rings is 1. The normalized spacial score (nSPS) is 18.8. The van der Waals surface area contributed by atoms with Gasteiger partial charge in [-0.25, -0.2) is 4.68 Å². The summed E-state index contributed by atoms with van der Waals surface area (Å²) in [6.07, 6.45) is 3.44. The molecule has 1 saturated heterocycles. The molecule has 0 bridgehead atoms. The number of benzene rings is 4. The van der Waals surface area contributed by atoms with E-state index in [1.807, 2.05) is 56.3 Å². The fraction of sp³-hybridized carbons (Fsp3) is 0.400. The third-order valence-corrected chi connectivity index (χ3v) is 15.1. The van der Waals surface area contributed by atoms with E-state index in [2.05, 4.69) is 15.6 Å². The number of unbranched alkanes of at least 4 members (excludes halogenated alkanes) is 3. The highest BCUT2D eigenvalue weighted by Gasteiger charge is 2.47. The molecule has 5 amide bonds. The number of nitrogens with one attached hydrogen (secondary N) is 1. The van der Waals surface area contributed by atoms with Crippen LogP contribution >= 0.6 is 10.8 Å². The van der Waals surface area contributed by atoms with Crippen LogP contribution in [-0.4, -0.2) is 125 Å². The molecule has 1 unspecified atom stereocenters. The number of ether oxygens (including phenoxy) is 3. The van der Waals surface area contributed by atoms with Gasteiger partial charge in [0.05, 0.1) is 31.2 Å². The number of carbonyl (C=O) groups is 6. The molecule has 20 heteroatoms. The van der Waals surface area contributed by atoms with E-state index in [9.17, 15) is 43.0 Å². The van der Waals surface area contributed by atoms with Gasteiger partial charge >= 0.3 is 5.97 Å². The third kappa shape index (κ3) is 10.1. The molecule has 0 spiro atoms. The monoisotopic (exact) mass is 979 g/mol. The second-order valence-electron chi connectivity index (χ2n) is 18.0. The number of likely N-dealkylation sites (tertiary alicyclic amines) is 1. The predicted octanol–water partition coefficient (Wildman–Crippen LogP) is 6.24. The van der Waals surface area contributed by atoms with Crippen LogP contribution in [0.2, 0.25) is 0 Å². The van der Waals surface area contributed by atoms with Gasteiger partial charge in [0.1, 0.15) is 45.3 Å². The van der Waals surface area contributed by atoms with Crippen molar-refractivity contribution in [2.45, 2.75) is 94.7 Å². The summed E-state index contributed by atoms with van der Waals surface area (Å²) in [4.78, 5) is 78.5. The van der Waals surface area contributed by atoms with Crippen LogP contribution in [0.25, 0.3) is 11.0 Å². The van der Waals surface area contributed by atoms with E-state index in [0.717, 1.165) is 57.7 Å². The molecule has 0 aliphatic carbocycles. The summed E-state index contributed by atoms with van der Waals surface area (Å²) >= 11 is 0. The molecule has 5 aromatic rings. The number of rotatable bonds is 18. The van der Waals surface area contributed by atoms with Crippen LogP contribution in [0.4, 0.5) is 0 Å². The first-order chi connectivity index (χ1) is 33.5. The van der Waals surface area contributed by atoms with E-state index >= 15 is 0 Å². The van der Waals surface area contributed by atoms with Gasteiger partial charge in [-0.3, -0.25) is 47.7 Å². The lowest BCUT2D eigenvalue weighted by atomic mass is 9.86. The van der Waals surface area contributed by atoms with Crippen molar-refractivity contribution in [1.82, 2.24) is 34.4 Å². The first-order valence-electron chi connectivity index (χ1n) is 23.2. The van der Waals surface area contributed by atoms with Crippen molar-refractivity contribution in [3.05, 3.63) is 106 Å². The molecular formula is C50H57N7O12S. The number of nitrogens with zero attached hydrogens (tertiary/aromatic N) is 6. The Bertz CT molecular complexity index is 2890. The number of carboxylic acid groups (broad SMARTS) is 1. The molecule has 3 aliphatic heterocycles. The lowest BCUT2D eigenvalue weighted by Crippen LogP contribution is -2.54. The Balaban J connectivity index is 0.828. The molecule has 19 nitrogen and oxygen atoms in total. The van der Waals surface area contributed by atoms with Gasteiger partial charge in [0, 0.05) is 39.5 Å². The molecule has 4 heterocycles. The quantitative estimate of drug-likeness (QED) is 0.0561. The number of carboxylic acids is 1. The van der Waals surface area contributed by atoms with Gasteiger partial charge in [-0.15, -0.1) is 15.9 Å². The molecular weight excluding hydrogens is 923 g/mol. The molecule has 370 valence electrons. The molecule has 0 saturated carbocycles. The molecule has 3 aliphatic rings. The summed E-state index contributed by atoms with van der Waals surface area (Å²) in [6.45, 7) is 4.22. The summed E-state index contributed by atoms with van der Waals surface area (Å²) in [7, 11) is 1.11. The van der Waals surface area contributed by atoms with Crippen molar-refractivity contribution in [1.29, 1.82) is 0 Å². The van der Waals surface area contributed by atoms with E-state index in [-0.39, 0.29) is 61.7 Å². The number of aliphatic carboxylic acids is 1. The highest BCUT2D eigenvalue weighted by Crippen LogP contribution is 2.58. The van der Waals surface area contributed by atoms with E-state index in [0.29, 0.717) is 46.0 Å². The fourth-order valence-electron chi connectivity index (χ4n) is 9.41. The largest absolute Gasteiger partial charge is 0.494 e. The number of hydrogen-bond donors (Lipinski definition) is 4. The smallest absolute Gasteiger partial charge is 0.304 e.